The Kier molecular flexibility index (Phi) is 27.9. The van der Waals surface area contributed by atoms with Crippen molar-refractivity contribution >= 4 is 154 Å². The molecule has 14 rings (SSSR count). The number of halogens is 6. The maximum atomic E-state index is 6.06. The van der Waals surface area contributed by atoms with E-state index in [1.54, 1.807) is 36.9 Å². The molecule has 2 aliphatic rings. The van der Waals surface area contributed by atoms with Gasteiger partial charge >= 0.3 is 0 Å². The molecule has 101 heavy (non-hydrogen) atoms. The van der Waals surface area contributed by atoms with Crippen molar-refractivity contribution < 1.29 is 0 Å². The Morgan fingerprint density at radius 2 is 0.762 bits per heavy atom. The highest BCUT2D eigenvalue weighted by Gasteiger charge is 2.18. The molecule has 0 spiro atoms. The topological polar surface area (TPSA) is 199 Å². The first-order valence-corrected chi connectivity index (χ1v) is 36.7. The van der Waals surface area contributed by atoms with Gasteiger partial charge in [-0.1, -0.05) is 88.7 Å². The van der Waals surface area contributed by atoms with E-state index in [2.05, 4.69) is 106 Å². The number of rotatable bonds is 24. The smallest absolute Gasteiger partial charge is 0.224 e. The highest BCUT2D eigenvalue weighted by Crippen LogP contribution is 2.29. The summed E-state index contributed by atoms with van der Waals surface area (Å²) in [5.41, 5.74) is 10.1. The molecule has 0 saturated carbocycles. The number of pyridine rings is 6. The monoisotopic (exact) mass is 1470 g/mol. The van der Waals surface area contributed by atoms with Gasteiger partial charge in [-0.15, -0.1) is 0 Å². The second-order valence-corrected chi connectivity index (χ2v) is 26.8. The quantitative estimate of drug-likeness (QED) is 0.0217. The van der Waals surface area contributed by atoms with Crippen molar-refractivity contribution in [3.05, 3.63) is 230 Å². The van der Waals surface area contributed by atoms with E-state index in [4.69, 9.17) is 79.6 Å². The Bertz CT molecular complexity index is 4480. The summed E-state index contributed by atoms with van der Waals surface area (Å²) in [6.45, 7) is 14.0. The molecular formula is C77H82Cl6N18. The fourth-order valence-electron chi connectivity index (χ4n) is 12.0. The molecule has 5 N–H and O–H groups in total. The van der Waals surface area contributed by atoms with Crippen LogP contribution in [0.1, 0.15) is 69.1 Å². The Morgan fingerprint density at radius 3 is 1.25 bits per heavy atom. The summed E-state index contributed by atoms with van der Waals surface area (Å²) in [6, 6.07) is 46.8. The molecule has 2 aliphatic heterocycles. The van der Waals surface area contributed by atoms with Gasteiger partial charge in [0, 0.05) is 191 Å². The molecule has 24 heteroatoms. The number of benzene rings is 4. The van der Waals surface area contributed by atoms with Gasteiger partial charge in [-0.25, -0.2) is 24.9 Å². The van der Waals surface area contributed by atoms with Gasteiger partial charge in [0.25, 0.3) is 0 Å². The largest absolute Gasteiger partial charge is 0.384 e. The third-order valence-corrected chi connectivity index (χ3v) is 18.6. The van der Waals surface area contributed by atoms with Crippen LogP contribution in [0.2, 0.25) is 30.4 Å². The Labute approximate surface area is 620 Å². The van der Waals surface area contributed by atoms with Crippen LogP contribution >= 0.6 is 69.6 Å². The van der Waals surface area contributed by atoms with Crippen LogP contribution in [-0.2, 0) is 19.3 Å². The van der Waals surface area contributed by atoms with Gasteiger partial charge in [0.1, 0.15) is 27.8 Å². The number of nitrogens with one attached hydrogen (secondary N) is 5. The van der Waals surface area contributed by atoms with Crippen molar-refractivity contribution in [2.24, 2.45) is 0 Å². The summed E-state index contributed by atoms with van der Waals surface area (Å²) in [6.07, 6.45) is 21.1. The zero-order valence-corrected chi connectivity index (χ0v) is 61.0. The predicted molar refractivity (Wildman–Crippen MR) is 422 cm³/mol. The Hall–Kier alpha value is -8.72. The maximum Gasteiger partial charge on any atom is 0.224 e. The molecule has 0 radical (unpaired) electrons. The molecule has 18 nitrogen and oxygen atoms in total. The number of piperidine rings is 1. The molecule has 0 unspecified atom stereocenters. The molecule has 0 amide bonds. The van der Waals surface area contributed by atoms with E-state index in [0.717, 1.165) is 213 Å². The van der Waals surface area contributed by atoms with Crippen molar-refractivity contribution in [3.8, 4) is 0 Å². The molecule has 8 aromatic heterocycles. The van der Waals surface area contributed by atoms with Crippen molar-refractivity contribution in [3.63, 3.8) is 0 Å². The first-order chi connectivity index (χ1) is 49.5. The van der Waals surface area contributed by atoms with Gasteiger partial charge in [-0.05, 0) is 198 Å². The highest BCUT2D eigenvalue weighted by molar-refractivity contribution is 6.32. The van der Waals surface area contributed by atoms with Crippen LogP contribution in [0.4, 0.5) is 40.3 Å². The second-order valence-electron chi connectivity index (χ2n) is 24.3. The van der Waals surface area contributed by atoms with Gasteiger partial charge in [0.05, 0.1) is 22.1 Å². The first kappa shape index (κ1) is 73.5. The van der Waals surface area contributed by atoms with Gasteiger partial charge < -0.3 is 41.3 Å². The minimum Gasteiger partial charge on any atom is -0.384 e. The van der Waals surface area contributed by atoms with E-state index < -0.39 is 0 Å². The number of hydrogen-bond acceptors (Lipinski definition) is 18. The van der Waals surface area contributed by atoms with Crippen LogP contribution in [0.5, 0.6) is 0 Å². The van der Waals surface area contributed by atoms with Crippen LogP contribution < -0.4 is 36.4 Å². The molecule has 2 fully saturated rings. The molecule has 0 atom stereocenters. The zero-order chi connectivity index (χ0) is 70.0. The third kappa shape index (κ3) is 22.4. The normalized spacial score (nSPS) is 13.0. The van der Waals surface area contributed by atoms with Crippen molar-refractivity contribution in [1.82, 2.24) is 54.7 Å². The number of anilines is 7. The molecule has 0 aliphatic carbocycles. The SMILES string of the molecule is CCN1CCN(c2ccnc(NCCCNc3ccnc4cc(Cl)ccc34)n2)CC1.Clc1ccc2c(NCCCc3cccc(Cl)n3)ccnc2c1.Clc1ccc2c(NCCCc3cccc(N4CCCCC4)n3)ccnc2c1.Clc1ccc2c(NCCCc3nccc(Cl)n3)ccnc2c1. The lowest BCUT2D eigenvalue weighted by molar-refractivity contribution is 0.270. The van der Waals surface area contributed by atoms with Crippen LogP contribution in [0.25, 0.3) is 43.6 Å². The molecule has 522 valence electrons. The van der Waals surface area contributed by atoms with Crippen LogP contribution in [0.3, 0.4) is 0 Å². The lowest BCUT2D eigenvalue weighted by atomic mass is 10.1. The molecule has 10 heterocycles. The number of nitrogens with zero attached hydrogens (tertiary/aromatic N) is 13. The summed E-state index contributed by atoms with van der Waals surface area (Å²) in [5.74, 6) is 3.59. The van der Waals surface area contributed by atoms with E-state index in [1.807, 2.05) is 128 Å². The van der Waals surface area contributed by atoms with Gasteiger partial charge in [0.2, 0.25) is 5.95 Å². The zero-order valence-electron chi connectivity index (χ0n) is 56.5. The summed E-state index contributed by atoms with van der Waals surface area (Å²) < 4.78 is 0. The number of fused-ring (bicyclic) bond motifs is 4. The Morgan fingerprint density at radius 1 is 0.347 bits per heavy atom. The van der Waals surface area contributed by atoms with E-state index in [1.165, 1.54) is 25.0 Å². The van der Waals surface area contributed by atoms with Gasteiger partial charge in [-0.2, -0.15) is 4.98 Å². The predicted octanol–water partition coefficient (Wildman–Crippen LogP) is 18.4. The molecule has 12 aromatic rings. The molecule has 2 saturated heterocycles. The molecule has 0 bridgehead atoms. The third-order valence-electron chi connectivity index (χ3n) is 17.2. The van der Waals surface area contributed by atoms with Gasteiger partial charge in [0.15, 0.2) is 0 Å². The average Bonchev–Trinajstić information content (AvgIpc) is 0.857. The number of likely N-dealkylation sites (N-methyl/N-ethyl adjacent to an activating group) is 1. The number of aromatic nitrogens is 10. The van der Waals surface area contributed by atoms with Crippen molar-refractivity contribution in [1.29, 1.82) is 0 Å². The van der Waals surface area contributed by atoms with Crippen LogP contribution in [0.15, 0.2) is 183 Å². The summed E-state index contributed by atoms with van der Waals surface area (Å²) >= 11 is 35.9. The highest BCUT2D eigenvalue weighted by atomic mass is 35.5. The number of aryl methyl sites for hydroxylation is 3. The van der Waals surface area contributed by atoms with E-state index in [0.29, 0.717) is 36.3 Å². The number of hydrogen-bond donors (Lipinski definition) is 5. The fraction of sp³-hybridized carbons (Fsp3) is 0.299. The van der Waals surface area contributed by atoms with Crippen LogP contribution in [-0.4, -0.2) is 133 Å². The summed E-state index contributed by atoms with van der Waals surface area (Å²) in [4.78, 5) is 51.3. The Balaban J connectivity index is 0.000000137. The standard InChI is InChI=1S/C22H28ClN7.C22H25ClN4.C17H15Cl2N3.C16H14Cl2N4/c1-2-29-12-14-30(15-13-29)21-7-11-27-22(28-21)26-9-3-8-24-19-6-10-25-20-16-17(23)4-5-18(19)20;23-17-9-10-19-20(11-13-25-21(19)16-17)24-12-5-7-18-6-4-8-22(26-18)27-14-2-1-3-15-27;18-12-6-7-14-15(8-10-21-16(14)11-12)20-9-2-4-13-3-1-5-17(19)22-13;17-11-3-4-12-13(5-8-20-14(12)10-11)19-7-1-2-16-21-9-6-15(18)22-16/h4-7,10-11,16H,2-3,8-9,12-15H2,1H3,(H,24,25)(H,26,27,28);4,6,8-11,13,16H,1-3,5,7,12,14-15H2,(H,24,25);1,3,5-8,10-11H,2,4,9H2,(H,20,21);3-6,8-10H,1-2,7H2,(H,19,20). The average molecular weight is 1470 g/mol. The van der Waals surface area contributed by atoms with Crippen LogP contribution in [0, 0.1) is 0 Å². The summed E-state index contributed by atoms with van der Waals surface area (Å²) in [5, 5.41) is 25.4. The van der Waals surface area contributed by atoms with Crippen molar-refractivity contribution in [2.75, 3.05) is 115 Å². The molecular weight excluding hydrogens is 1390 g/mol. The fourth-order valence-corrected chi connectivity index (χ4v) is 13.0. The maximum absolute atomic E-state index is 6.06. The first-order valence-electron chi connectivity index (χ1n) is 34.4. The van der Waals surface area contributed by atoms with E-state index in [-0.39, 0.29) is 0 Å². The minimum atomic E-state index is 0.481. The number of piperazine rings is 1. The van der Waals surface area contributed by atoms with Gasteiger partial charge in [-0.3, -0.25) is 19.9 Å². The summed E-state index contributed by atoms with van der Waals surface area (Å²) in [7, 11) is 0. The lowest BCUT2D eigenvalue weighted by Gasteiger charge is -2.34. The van der Waals surface area contributed by atoms with E-state index in [9.17, 15) is 0 Å². The van der Waals surface area contributed by atoms with E-state index >= 15 is 0 Å². The second kappa shape index (κ2) is 38.4. The van der Waals surface area contributed by atoms with Crippen molar-refractivity contribution in [2.45, 2.75) is 71.1 Å². The minimum absolute atomic E-state index is 0.481. The molecule has 4 aromatic carbocycles. The lowest BCUT2D eigenvalue weighted by Crippen LogP contribution is -2.46.